The SMILES string of the molecule is CCOC(=O)C1CCCN(C(=O)CN2CCN(CC(=O)N3CCCCC3)CC2)C1. The molecule has 3 rings (SSSR count). The smallest absolute Gasteiger partial charge is 0.310 e. The fourth-order valence-corrected chi connectivity index (χ4v) is 4.49. The highest BCUT2D eigenvalue weighted by molar-refractivity contribution is 5.80. The van der Waals surface area contributed by atoms with Crippen LogP contribution in [0.4, 0.5) is 0 Å². The number of piperidine rings is 2. The molecule has 3 aliphatic heterocycles. The van der Waals surface area contributed by atoms with Crippen molar-refractivity contribution in [1.82, 2.24) is 19.6 Å². The summed E-state index contributed by atoms with van der Waals surface area (Å²) in [5, 5.41) is 0. The molecule has 2 amide bonds. The largest absolute Gasteiger partial charge is 0.466 e. The number of ether oxygens (including phenoxy) is 1. The molecule has 0 aromatic heterocycles. The van der Waals surface area contributed by atoms with Crippen LogP contribution in [0.3, 0.4) is 0 Å². The molecule has 1 unspecified atom stereocenters. The highest BCUT2D eigenvalue weighted by Crippen LogP contribution is 2.18. The number of carbonyl (C=O) groups excluding carboxylic acids is 3. The Morgan fingerprint density at radius 3 is 1.90 bits per heavy atom. The molecule has 0 bridgehead atoms. The van der Waals surface area contributed by atoms with E-state index in [1.807, 2.05) is 16.7 Å². The van der Waals surface area contributed by atoms with Crippen LogP contribution >= 0.6 is 0 Å². The van der Waals surface area contributed by atoms with Gasteiger partial charge in [-0.15, -0.1) is 0 Å². The average molecular weight is 409 g/mol. The molecule has 0 aliphatic carbocycles. The number of rotatable bonds is 6. The molecule has 8 nitrogen and oxygen atoms in total. The number of amides is 2. The van der Waals surface area contributed by atoms with Gasteiger partial charge in [0.15, 0.2) is 0 Å². The zero-order valence-electron chi connectivity index (χ0n) is 17.8. The Labute approximate surface area is 174 Å². The third kappa shape index (κ3) is 6.40. The summed E-state index contributed by atoms with van der Waals surface area (Å²) in [7, 11) is 0. The molecule has 0 radical (unpaired) electrons. The molecular weight excluding hydrogens is 372 g/mol. The molecule has 1 atom stereocenters. The average Bonchev–Trinajstić information content (AvgIpc) is 2.76. The zero-order valence-corrected chi connectivity index (χ0v) is 17.8. The van der Waals surface area contributed by atoms with Gasteiger partial charge in [-0.1, -0.05) is 0 Å². The first kappa shape index (κ1) is 22.0. The van der Waals surface area contributed by atoms with E-state index in [9.17, 15) is 14.4 Å². The summed E-state index contributed by atoms with van der Waals surface area (Å²) >= 11 is 0. The van der Waals surface area contributed by atoms with Crippen molar-refractivity contribution < 1.29 is 19.1 Å². The zero-order chi connectivity index (χ0) is 20.6. The molecule has 3 fully saturated rings. The summed E-state index contributed by atoms with van der Waals surface area (Å²) < 4.78 is 5.12. The van der Waals surface area contributed by atoms with Gasteiger partial charge >= 0.3 is 5.97 Å². The van der Waals surface area contributed by atoms with Gasteiger partial charge in [-0.2, -0.15) is 0 Å². The van der Waals surface area contributed by atoms with Crippen LogP contribution in [0.1, 0.15) is 39.0 Å². The molecule has 164 valence electrons. The van der Waals surface area contributed by atoms with Gasteiger partial charge in [-0.3, -0.25) is 24.2 Å². The van der Waals surface area contributed by atoms with Crippen molar-refractivity contribution in [2.75, 3.05) is 72.1 Å². The predicted octanol–water partition coefficient (Wildman–Crippen LogP) is 0.418. The molecule has 0 spiro atoms. The van der Waals surface area contributed by atoms with E-state index in [0.29, 0.717) is 26.2 Å². The maximum Gasteiger partial charge on any atom is 0.310 e. The van der Waals surface area contributed by atoms with Gasteiger partial charge in [0, 0.05) is 52.4 Å². The minimum Gasteiger partial charge on any atom is -0.466 e. The molecule has 0 saturated carbocycles. The lowest BCUT2D eigenvalue weighted by Crippen LogP contribution is -2.53. The number of hydrogen-bond acceptors (Lipinski definition) is 6. The van der Waals surface area contributed by atoms with Crippen molar-refractivity contribution in [1.29, 1.82) is 0 Å². The molecule has 3 heterocycles. The Hall–Kier alpha value is -1.67. The van der Waals surface area contributed by atoms with Gasteiger partial charge in [0.1, 0.15) is 0 Å². The Morgan fingerprint density at radius 1 is 0.759 bits per heavy atom. The highest BCUT2D eigenvalue weighted by Gasteiger charge is 2.30. The molecule has 0 N–H and O–H groups in total. The third-order valence-corrected chi connectivity index (χ3v) is 6.29. The fourth-order valence-electron chi connectivity index (χ4n) is 4.49. The second-order valence-electron chi connectivity index (χ2n) is 8.42. The van der Waals surface area contributed by atoms with Crippen LogP contribution in [0.15, 0.2) is 0 Å². The van der Waals surface area contributed by atoms with E-state index in [2.05, 4.69) is 9.80 Å². The van der Waals surface area contributed by atoms with Crippen LogP contribution < -0.4 is 0 Å². The predicted molar refractivity (Wildman–Crippen MR) is 109 cm³/mol. The molecule has 0 aromatic rings. The number of piperazine rings is 1. The molecular formula is C21H36N4O4. The molecule has 3 saturated heterocycles. The van der Waals surface area contributed by atoms with Crippen LogP contribution in [-0.2, 0) is 19.1 Å². The molecule has 3 aliphatic rings. The van der Waals surface area contributed by atoms with E-state index in [1.165, 1.54) is 6.42 Å². The summed E-state index contributed by atoms with van der Waals surface area (Å²) in [6.07, 6.45) is 5.12. The summed E-state index contributed by atoms with van der Waals surface area (Å²) in [5.74, 6) is -0.0355. The molecule has 8 heteroatoms. The Morgan fingerprint density at radius 2 is 1.31 bits per heavy atom. The van der Waals surface area contributed by atoms with Gasteiger partial charge in [-0.25, -0.2) is 0 Å². The Balaban J connectivity index is 1.38. The van der Waals surface area contributed by atoms with Gasteiger partial charge in [-0.05, 0) is 39.0 Å². The number of esters is 1. The highest BCUT2D eigenvalue weighted by atomic mass is 16.5. The topological polar surface area (TPSA) is 73.4 Å². The van der Waals surface area contributed by atoms with E-state index in [4.69, 9.17) is 4.74 Å². The van der Waals surface area contributed by atoms with Crippen molar-refractivity contribution in [3.63, 3.8) is 0 Å². The lowest BCUT2D eigenvalue weighted by molar-refractivity contribution is -0.151. The van der Waals surface area contributed by atoms with Gasteiger partial charge in [0.05, 0.1) is 25.6 Å². The summed E-state index contributed by atoms with van der Waals surface area (Å²) in [6, 6.07) is 0. The maximum atomic E-state index is 12.7. The van der Waals surface area contributed by atoms with Crippen molar-refractivity contribution in [3.05, 3.63) is 0 Å². The van der Waals surface area contributed by atoms with E-state index < -0.39 is 0 Å². The van der Waals surface area contributed by atoms with Crippen LogP contribution in [0, 0.1) is 5.92 Å². The van der Waals surface area contributed by atoms with Crippen molar-refractivity contribution in [3.8, 4) is 0 Å². The first-order chi connectivity index (χ1) is 14.1. The maximum absolute atomic E-state index is 12.7. The van der Waals surface area contributed by atoms with Crippen molar-refractivity contribution in [2.45, 2.75) is 39.0 Å². The lowest BCUT2D eigenvalue weighted by atomic mass is 9.98. The third-order valence-electron chi connectivity index (χ3n) is 6.29. The van der Waals surface area contributed by atoms with Gasteiger partial charge in [0.2, 0.25) is 11.8 Å². The van der Waals surface area contributed by atoms with Gasteiger partial charge < -0.3 is 14.5 Å². The monoisotopic (exact) mass is 408 g/mol. The minimum atomic E-state index is -0.190. The first-order valence-electron chi connectivity index (χ1n) is 11.2. The summed E-state index contributed by atoms with van der Waals surface area (Å²) in [4.78, 5) is 45.3. The molecule has 0 aromatic carbocycles. The van der Waals surface area contributed by atoms with Crippen LogP contribution in [-0.4, -0.2) is 109 Å². The number of carbonyl (C=O) groups is 3. The lowest BCUT2D eigenvalue weighted by Gasteiger charge is -2.37. The summed E-state index contributed by atoms with van der Waals surface area (Å²) in [6.45, 7) is 9.31. The number of nitrogens with zero attached hydrogens (tertiary/aromatic N) is 4. The first-order valence-corrected chi connectivity index (χ1v) is 11.2. The van der Waals surface area contributed by atoms with Crippen LogP contribution in [0.2, 0.25) is 0 Å². The van der Waals surface area contributed by atoms with Crippen molar-refractivity contribution >= 4 is 17.8 Å². The van der Waals surface area contributed by atoms with E-state index in [1.54, 1.807) is 0 Å². The van der Waals surface area contributed by atoms with Crippen LogP contribution in [0.5, 0.6) is 0 Å². The normalized spacial score (nSPS) is 24.4. The Kier molecular flexibility index (Phi) is 8.29. The minimum absolute atomic E-state index is 0.0943. The van der Waals surface area contributed by atoms with Crippen LogP contribution in [0.25, 0.3) is 0 Å². The van der Waals surface area contributed by atoms with Crippen molar-refractivity contribution in [2.24, 2.45) is 5.92 Å². The van der Waals surface area contributed by atoms with E-state index >= 15 is 0 Å². The number of hydrogen-bond donors (Lipinski definition) is 0. The quantitative estimate of drug-likeness (QED) is 0.593. The number of likely N-dealkylation sites (tertiary alicyclic amines) is 2. The summed E-state index contributed by atoms with van der Waals surface area (Å²) in [5.41, 5.74) is 0. The second kappa shape index (κ2) is 10.9. The second-order valence-corrected chi connectivity index (χ2v) is 8.42. The fraction of sp³-hybridized carbons (Fsp3) is 0.857. The van der Waals surface area contributed by atoms with E-state index in [0.717, 1.165) is 71.5 Å². The van der Waals surface area contributed by atoms with E-state index in [-0.39, 0.29) is 23.7 Å². The molecule has 29 heavy (non-hydrogen) atoms. The Bertz CT molecular complexity index is 571. The van der Waals surface area contributed by atoms with Gasteiger partial charge in [0.25, 0.3) is 0 Å². The standard InChI is InChI=1S/C21H36N4O4/c1-2-29-21(28)18-7-6-10-25(15-18)20(27)17-23-13-11-22(12-14-23)16-19(26)24-8-4-3-5-9-24/h18H,2-17H2,1H3.